The maximum atomic E-state index is 11.6. The second kappa shape index (κ2) is 7.52. The summed E-state index contributed by atoms with van der Waals surface area (Å²) in [5, 5.41) is 0. The molecule has 4 rings (SSSR count). The Labute approximate surface area is 164 Å². The van der Waals surface area contributed by atoms with Gasteiger partial charge in [0.05, 0.1) is 18.5 Å². The molecule has 0 saturated carbocycles. The van der Waals surface area contributed by atoms with Crippen LogP contribution in [0.1, 0.15) is 12.6 Å². The maximum absolute atomic E-state index is 11.6. The van der Waals surface area contributed by atoms with Crippen LogP contribution < -0.4 is 10.5 Å². The first kappa shape index (κ1) is 18.3. The lowest BCUT2D eigenvalue weighted by molar-refractivity contribution is -0.130. The lowest BCUT2D eigenvalue weighted by Crippen LogP contribution is -2.47. The normalized spacial score (nSPS) is 15.1. The standard InChI is InChI=1S/C21H25N5O2/c1-15(27)25-11-9-24(10-12-25)14-18-21(17-5-3-4-6-19(17)28-2)23-20-8-7-16(22)13-26(18)20/h3-8,13H,9-12,14,22H2,1-2H3. The van der Waals surface area contributed by atoms with Gasteiger partial charge in [0.1, 0.15) is 11.4 Å². The molecule has 1 aliphatic heterocycles. The molecule has 1 fully saturated rings. The van der Waals surface area contributed by atoms with Crippen LogP contribution in [0.5, 0.6) is 5.75 Å². The van der Waals surface area contributed by atoms with E-state index in [9.17, 15) is 4.79 Å². The molecule has 0 bridgehead atoms. The topological polar surface area (TPSA) is 76.1 Å². The van der Waals surface area contributed by atoms with E-state index in [1.54, 1.807) is 14.0 Å². The first-order valence-corrected chi connectivity index (χ1v) is 9.44. The molecule has 1 amide bonds. The Morgan fingerprint density at radius 3 is 2.61 bits per heavy atom. The number of rotatable bonds is 4. The van der Waals surface area contributed by atoms with Crippen molar-refractivity contribution in [3.8, 4) is 17.0 Å². The first-order valence-electron chi connectivity index (χ1n) is 9.44. The number of amides is 1. The molecular weight excluding hydrogens is 354 g/mol. The molecule has 7 heteroatoms. The molecule has 1 aromatic carbocycles. The number of anilines is 1. The Balaban J connectivity index is 1.74. The van der Waals surface area contributed by atoms with Crippen LogP contribution in [-0.2, 0) is 11.3 Å². The zero-order chi connectivity index (χ0) is 19.7. The Morgan fingerprint density at radius 2 is 1.89 bits per heavy atom. The van der Waals surface area contributed by atoms with Crippen molar-refractivity contribution in [2.75, 3.05) is 39.0 Å². The van der Waals surface area contributed by atoms with Gasteiger partial charge in [0.15, 0.2) is 0 Å². The molecule has 7 nitrogen and oxygen atoms in total. The highest BCUT2D eigenvalue weighted by Gasteiger charge is 2.23. The molecule has 0 radical (unpaired) electrons. The van der Waals surface area contributed by atoms with Gasteiger partial charge in [0.25, 0.3) is 0 Å². The molecule has 2 aromatic heterocycles. The Bertz CT molecular complexity index is 1010. The number of nitrogens with two attached hydrogens (primary N) is 1. The van der Waals surface area contributed by atoms with Gasteiger partial charge in [0, 0.05) is 57.1 Å². The summed E-state index contributed by atoms with van der Waals surface area (Å²) in [5.74, 6) is 0.929. The molecule has 2 N–H and O–H groups in total. The molecule has 28 heavy (non-hydrogen) atoms. The second-order valence-corrected chi connectivity index (χ2v) is 7.08. The number of carbonyl (C=O) groups excluding carboxylic acids is 1. The maximum Gasteiger partial charge on any atom is 0.219 e. The summed E-state index contributed by atoms with van der Waals surface area (Å²) in [5.41, 5.74) is 10.5. The van der Waals surface area contributed by atoms with Crippen molar-refractivity contribution in [3.05, 3.63) is 48.3 Å². The lowest BCUT2D eigenvalue weighted by atomic mass is 10.1. The molecule has 1 saturated heterocycles. The number of benzene rings is 1. The minimum absolute atomic E-state index is 0.136. The number of nitrogens with zero attached hydrogens (tertiary/aromatic N) is 4. The van der Waals surface area contributed by atoms with Gasteiger partial charge in [0.2, 0.25) is 5.91 Å². The van der Waals surface area contributed by atoms with E-state index in [1.165, 1.54) is 0 Å². The highest BCUT2D eigenvalue weighted by Crippen LogP contribution is 2.33. The number of fused-ring (bicyclic) bond motifs is 1. The number of piperazine rings is 1. The van der Waals surface area contributed by atoms with Crippen molar-refractivity contribution in [2.45, 2.75) is 13.5 Å². The van der Waals surface area contributed by atoms with E-state index in [0.29, 0.717) is 5.69 Å². The molecule has 0 atom stereocenters. The fraction of sp³-hybridized carbons (Fsp3) is 0.333. The smallest absolute Gasteiger partial charge is 0.219 e. The van der Waals surface area contributed by atoms with E-state index in [2.05, 4.69) is 9.30 Å². The summed E-state index contributed by atoms with van der Waals surface area (Å²) in [4.78, 5) is 20.7. The summed E-state index contributed by atoms with van der Waals surface area (Å²) in [6.45, 7) is 5.52. The van der Waals surface area contributed by atoms with Crippen LogP contribution in [0.4, 0.5) is 5.69 Å². The first-order chi connectivity index (χ1) is 13.6. The van der Waals surface area contributed by atoms with Crippen molar-refractivity contribution in [1.29, 1.82) is 0 Å². The van der Waals surface area contributed by atoms with Crippen LogP contribution in [0, 0.1) is 0 Å². The zero-order valence-electron chi connectivity index (χ0n) is 16.3. The monoisotopic (exact) mass is 379 g/mol. The molecule has 1 aliphatic rings. The number of hydrogen-bond donors (Lipinski definition) is 1. The third-order valence-electron chi connectivity index (χ3n) is 5.29. The number of ether oxygens (including phenoxy) is 1. The number of hydrogen-bond acceptors (Lipinski definition) is 5. The van der Waals surface area contributed by atoms with Gasteiger partial charge in [-0.3, -0.25) is 9.69 Å². The van der Waals surface area contributed by atoms with Crippen LogP contribution in [0.2, 0.25) is 0 Å². The van der Waals surface area contributed by atoms with E-state index >= 15 is 0 Å². The van der Waals surface area contributed by atoms with Gasteiger partial charge in [-0.05, 0) is 24.3 Å². The van der Waals surface area contributed by atoms with Crippen molar-refractivity contribution in [2.24, 2.45) is 0 Å². The minimum atomic E-state index is 0.136. The predicted octanol–water partition coefficient (Wildman–Crippen LogP) is 2.26. The van der Waals surface area contributed by atoms with Gasteiger partial charge in [-0.25, -0.2) is 4.98 Å². The number of para-hydroxylation sites is 1. The molecule has 0 unspecified atom stereocenters. The predicted molar refractivity (Wildman–Crippen MR) is 109 cm³/mol. The van der Waals surface area contributed by atoms with Gasteiger partial charge in [-0.2, -0.15) is 0 Å². The summed E-state index contributed by atoms with van der Waals surface area (Å²) in [6, 6.07) is 11.7. The molecule has 3 heterocycles. The van der Waals surface area contributed by atoms with E-state index < -0.39 is 0 Å². The summed E-state index contributed by atoms with van der Waals surface area (Å²) in [7, 11) is 1.67. The molecular formula is C21H25N5O2. The Morgan fingerprint density at radius 1 is 1.14 bits per heavy atom. The van der Waals surface area contributed by atoms with Gasteiger partial charge in [-0.15, -0.1) is 0 Å². The molecule has 0 spiro atoms. The van der Waals surface area contributed by atoms with Crippen LogP contribution in [0.3, 0.4) is 0 Å². The average Bonchev–Trinajstić information content (AvgIpc) is 3.05. The van der Waals surface area contributed by atoms with Crippen LogP contribution in [-0.4, -0.2) is 58.4 Å². The van der Waals surface area contributed by atoms with Crippen molar-refractivity contribution in [3.63, 3.8) is 0 Å². The zero-order valence-corrected chi connectivity index (χ0v) is 16.3. The van der Waals surface area contributed by atoms with Crippen LogP contribution in [0.15, 0.2) is 42.6 Å². The number of aromatic nitrogens is 2. The third-order valence-corrected chi connectivity index (χ3v) is 5.29. The SMILES string of the molecule is COc1ccccc1-c1nc2ccc(N)cn2c1CN1CCN(C(C)=O)CC1. The third kappa shape index (κ3) is 3.41. The van der Waals surface area contributed by atoms with Gasteiger partial charge < -0.3 is 19.8 Å². The van der Waals surface area contributed by atoms with Crippen molar-refractivity contribution < 1.29 is 9.53 Å². The summed E-state index contributed by atoms with van der Waals surface area (Å²) in [6.07, 6.45) is 1.92. The number of methoxy groups -OCH3 is 1. The highest BCUT2D eigenvalue weighted by atomic mass is 16.5. The Hall–Kier alpha value is -3.06. The van der Waals surface area contributed by atoms with E-state index in [4.69, 9.17) is 15.5 Å². The summed E-state index contributed by atoms with van der Waals surface area (Å²) < 4.78 is 7.64. The van der Waals surface area contributed by atoms with E-state index in [1.807, 2.05) is 47.5 Å². The quantitative estimate of drug-likeness (QED) is 0.752. The second-order valence-electron chi connectivity index (χ2n) is 7.08. The fourth-order valence-corrected chi connectivity index (χ4v) is 3.75. The number of nitrogen functional groups attached to an aromatic ring is 1. The minimum Gasteiger partial charge on any atom is -0.496 e. The van der Waals surface area contributed by atoms with E-state index in [-0.39, 0.29) is 5.91 Å². The van der Waals surface area contributed by atoms with Gasteiger partial charge >= 0.3 is 0 Å². The fourth-order valence-electron chi connectivity index (χ4n) is 3.75. The molecule has 0 aliphatic carbocycles. The van der Waals surface area contributed by atoms with Crippen LogP contribution >= 0.6 is 0 Å². The van der Waals surface area contributed by atoms with Crippen molar-refractivity contribution >= 4 is 17.2 Å². The highest BCUT2D eigenvalue weighted by molar-refractivity contribution is 5.73. The summed E-state index contributed by atoms with van der Waals surface area (Å²) >= 11 is 0. The van der Waals surface area contributed by atoms with Gasteiger partial charge in [-0.1, -0.05) is 12.1 Å². The lowest BCUT2D eigenvalue weighted by Gasteiger charge is -2.34. The molecule has 146 valence electrons. The van der Waals surface area contributed by atoms with Crippen LogP contribution in [0.25, 0.3) is 16.9 Å². The van der Waals surface area contributed by atoms with E-state index in [0.717, 1.165) is 61.1 Å². The Kier molecular flexibility index (Phi) is 4.92. The van der Waals surface area contributed by atoms with Crippen molar-refractivity contribution in [1.82, 2.24) is 19.2 Å². The molecule has 3 aromatic rings. The largest absolute Gasteiger partial charge is 0.496 e. The number of imidazole rings is 1. The number of pyridine rings is 1. The average molecular weight is 379 g/mol. The number of carbonyl (C=O) groups is 1.